The molecule has 0 aromatic rings. The van der Waals surface area contributed by atoms with Crippen LogP contribution in [0.25, 0.3) is 0 Å². The maximum atomic E-state index is 9.91. The van der Waals surface area contributed by atoms with Gasteiger partial charge in [0.25, 0.3) is 0 Å². The van der Waals surface area contributed by atoms with Crippen molar-refractivity contribution >= 4 is 17.7 Å². The van der Waals surface area contributed by atoms with Crippen molar-refractivity contribution in [2.24, 2.45) is 0 Å². The van der Waals surface area contributed by atoms with E-state index in [4.69, 9.17) is 5.11 Å². The molecule has 0 rings (SSSR count). The number of hydrogen-bond donors (Lipinski definition) is 1. The Morgan fingerprint density at radius 3 is 1.89 bits per heavy atom. The Bertz CT molecular complexity index is 158. The Morgan fingerprint density at radius 1 is 1.33 bits per heavy atom. The second kappa shape index (κ2) is 2.81. The molecule has 0 aromatic heterocycles. The molecule has 0 unspecified atom stereocenters. The van der Waals surface area contributed by atoms with E-state index in [0.29, 0.717) is 0 Å². The number of carboxylic acids is 2. The van der Waals surface area contributed by atoms with Gasteiger partial charge in [0.1, 0.15) is 12.4 Å². The van der Waals surface area contributed by atoms with E-state index in [9.17, 15) is 19.5 Å². The molecule has 0 atom stereocenters. The largest absolute Gasteiger partial charge is 0.542 e. The van der Waals surface area contributed by atoms with Crippen LogP contribution in [0.5, 0.6) is 0 Å². The minimum absolute atomic E-state index is 1.01. The lowest BCUT2D eigenvalue weighted by Crippen LogP contribution is -2.32. The number of aliphatic carboxylic acids is 2. The van der Waals surface area contributed by atoms with Crippen LogP contribution in [-0.2, 0) is 14.4 Å². The standard InChI is InChI=1S/C4H4O5/c5-2(4(8)9)1-3(6)7/h1H2,(H,6,7)(H,8,9)/p-1/i1+1,2+1,3+1,4+1. The quantitative estimate of drug-likeness (QED) is 0.268. The third-order valence-electron chi connectivity index (χ3n) is 0.539. The van der Waals surface area contributed by atoms with Gasteiger partial charge in [-0.1, -0.05) is 0 Å². The van der Waals surface area contributed by atoms with Crippen molar-refractivity contribution in [3.8, 4) is 0 Å². The summed E-state index contributed by atoms with van der Waals surface area (Å²) in [6.45, 7) is 0. The van der Waals surface area contributed by atoms with Crippen LogP contribution >= 0.6 is 0 Å². The summed E-state index contributed by atoms with van der Waals surface area (Å²) in [7, 11) is 0. The first-order chi connectivity index (χ1) is 4.04. The summed E-state index contributed by atoms with van der Waals surface area (Å²) in [5.74, 6) is -4.84. The number of carbonyl (C=O) groups is 3. The monoisotopic (exact) mass is 135 g/mol. The van der Waals surface area contributed by atoms with Gasteiger partial charge in [-0.05, 0) is 0 Å². The molecule has 9 heavy (non-hydrogen) atoms. The van der Waals surface area contributed by atoms with Crippen molar-refractivity contribution in [3.63, 3.8) is 0 Å². The summed E-state index contributed by atoms with van der Waals surface area (Å²) in [4.78, 5) is 29.0. The summed E-state index contributed by atoms with van der Waals surface area (Å²) >= 11 is 0. The van der Waals surface area contributed by atoms with Crippen LogP contribution in [0.2, 0.25) is 0 Å². The Balaban J connectivity index is 3.79. The highest BCUT2D eigenvalue weighted by Gasteiger charge is 2.06. The predicted octanol–water partition coefficient (Wildman–Crippen LogP) is -2.22. The minimum Gasteiger partial charge on any atom is -0.542 e. The van der Waals surface area contributed by atoms with Crippen LogP contribution in [0.3, 0.4) is 0 Å². The highest BCUT2D eigenvalue weighted by Crippen LogP contribution is 1.79. The van der Waals surface area contributed by atoms with Crippen LogP contribution in [-0.4, -0.2) is 22.8 Å². The summed E-state index contributed by atoms with van der Waals surface area (Å²) in [6, 6.07) is 0. The number of carboxylic acid groups (broad SMARTS) is 2. The average molecular weight is 135 g/mol. The second-order valence-electron chi connectivity index (χ2n) is 1.28. The highest BCUT2D eigenvalue weighted by atomic mass is 16.5. The van der Waals surface area contributed by atoms with Crippen molar-refractivity contribution in [2.75, 3.05) is 0 Å². The van der Waals surface area contributed by atoms with Crippen LogP contribution < -0.4 is 5.11 Å². The van der Waals surface area contributed by atoms with Crippen molar-refractivity contribution in [1.82, 2.24) is 0 Å². The van der Waals surface area contributed by atoms with E-state index in [0.717, 1.165) is 0 Å². The lowest BCUT2D eigenvalue weighted by molar-refractivity contribution is -0.300. The predicted molar refractivity (Wildman–Crippen MR) is 22.3 cm³/mol. The third kappa shape index (κ3) is 3.22. The first-order valence-corrected chi connectivity index (χ1v) is 2.00. The molecular formula is C4H3O5-. The van der Waals surface area contributed by atoms with E-state index in [1.807, 2.05) is 0 Å². The zero-order valence-electron chi connectivity index (χ0n) is 4.29. The molecule has 0 amide bonds. The van der Waals surface area contributed by atoms with Crippen LogP contribution in [0.4, 0.5) is 0 Å². The first-order valence-electron chi connectivity index (χ1n) is 2.00. The van der Waals surface area contributed by atoms with Crippen molar-refractivity contribution < 1.29 is 24.6 Å². The van der Waals surface area contributed by atoms with E-state index in [1.54, 1.807) is 0 Å². The fourth-order valence-electron chi connectivity index (χ4n) is 0.210. The second-order valence-corrected chi connectivity index (χ2v) is 1.28. The van der Waals surface area contributed by atoms with E-state index in [1.165, 1.54) is 0 Å². The van der Waals surface area contributed by atoms with Crippen molar-refractivity contribution in [1.29, 1.82) is 0 Å². The molecular weight excluding hydrogens is 132 g/mol. The topological polar surface area (TPSA) is 94.5 Å². The molecule has 0 spiro atoms. The number of hydrogen-bond acceptors (Lipinski definition) is 4. The molecule has 5 nitrogen and oxygen atoms in total. The number of ketones is 1. The molecule has 50 valence electrons. The van der Waals surface area contributed by atoms with Crippen molar-refractivity contribution in [3.05, 3.63) is 0 Å². The van der Waals surface area contributed by atoms with Gasteiger partial charge in [0.15, 0.2) is 5.78 Å². The van der Waals surface area contributed by atoms with Crippen LogP contribution in [0.15, 0.2) is 0 Å². The molecule has 0 saturated carbocycles. The molecule has 0 fully saturated rings. The smallest absolute Gasteiger partial charge is 0.311 e. The van der Waals surface area contributed by atoms with E-state index >= 15 is 0 Å². The maximum Gasteiger partial charge on any atom is 0.311 e. The van der Waals surface area contributed by atoms with Crippen molar-refractivity contribution in [2.45, 2.75) is 6.42 Å². The molecule has 5 heteroatoms. The summed E-state index contributed by atoms with van der Waals surface area (Å²) in [5, 5.41) is 17.3. The van der Waals surface area contributed by atoms with E-state index in [-0.39, 0.29) is 0 Å². The zero-order chi connectivity index (χ0) is 7.44. The highest BCUT2D eigenvalue weighted by molar-refractivity contribution is 6.34. The Hall–Kier alpha value is -1.39. The van der Waals surface area contributed by atoms with Gasteiger partial charge < -0.3 is 15.0 Å². The van der Waals surface area contributed by atoms with Gasteiger partial charge in [0.2, 0.25) is 0 Å². The van der Waals surface area contributed by atoms with Crippen LogP contribution in [0, 0.1) is 0 Å². The van der Waals surface area contributed by atoms with E-state index in [2.05, 4.69) is 0 Å². The average Bonchev–Trinajstić information content (AvgIpc) is 1.63. The molecule has 0 aliphatic heterocycles. The molecule has 0 bridgehead atoms. The fourth-order valence-corrected chi connectivity index (χ4v) is 0.210. The number of rotatable bonds is 3. The normalized spacial score (nSPS) is 8.44. The van der Waals surface area contributed by atoms with Gasteiger partial charge in [-0.15, -0.1) is 0 Å². The number of carbonyl (C=O) groups excluding carboxylic acids is 2. The van der Waals surface area contributed by atoms with Gasteiger partial charge in [-0.25, -0.2) is 0 Å². The van der Waals surface area contributed by atoms with Gasteiger partial charge >= 0.3 is 5.97 Å². The molecule has 1 N–H and O–H groups in total. The molecule has 0 aliphatic carbocycles. The Morgan fingerprint density at radius 2 is 1.78 bits per heavy atom. The van der Waals surface area contributed by atoms with Gasteiger partial charge in [-0.2, -0.15) is 0 Å². The molecule has 0 radical (unpaired) electrons. The Kier molecular flexibility index (Phi) is 2.37. The lowest BCUT2D eigenvalue weighted by Gasteiger charge is -1.94. The lowest BCUT2D eigenvalue weighted by atomic mass is 11.3. The Labute approximate surface area is 49.9 Å². The van der Waals surface area contributed by atoms with Gasteiger partial charge in [-0.3, -0.25) is 9.59 Å². The van der Waals surface area contributed by atoms with Gasteiger partial charge in [0.05, 0.1) is 0 Å². The SMILES string of the molecule is O=[13C](O)[13CH2][13C](=O)[13C](=O)[O-]. The number of Topliss-reactive ketones (excluding diaryl/α,β-unsaturated/α-hetero) is 1. The fraction of sp³-hybridized carbons (Fsp3) is 0.250. The van der Waals surface area contributed by atoms with Crippen LogP contribution in [0.1, 0.15) is 6.42 Å². The maximum absolute atomic E-state index is 9.91. The molecule has 0 saturated heterocycles. The third-order valence-corrected chi connectivity index (χ3v) is 0.539. The summed E-state index contributed by atoms with van der Waals surface area (Å²) < 4.78 is 0. The summed E-state index contributed by atoms with van der Waals surface area (Å²) in [5.41, 5.74) is 0. The summed E-state index contributed by atoms with van der Waals surface area (Å²) in [6.07, 6.45) is -1.01. The molecule has 0 aliphatic rings. The molecule has 0 heterocycles. The van der Waals surface area contributed by atoms with Gasteiger partial charge in [0, 0.05) is 0 Å². The zero-order valence-corrected chi connectivity index (χ0v) is 4.29. The van der Waals surface area contributed by atoms with E-state index < -0.39 is 24.1 Å². The first kappa shape index (κ1) is 7.61. The minimum atomic E-state index is -1.96. The molecule has 0 aromatic carbocycles.